The molecule has 3 N–H and O–H groups in total. The molecule has 0 fully saturated rings. The van der Waals surface area contributed by atoms with Crippen molar-refractivity contribution in [1.29, 1.82) is 0 Å². The van der Waals surface area contributed by atoms with E-state index in [0.29, 0.717) is 27.3 Å². The highest BCUT2D eigenvalue weighted by Crippen LogP contribution is 2.26. The first kappa shape index (κ1) is 14.0. The van der Waals surface area contributed by atoms with Crippen LogP contribution in [0.2, 0.25) is 9.36 Å². The normalized spacial score (nSPS) is 11.6. The van der Waals surface area contributed by atoms with Gasteiger partial charge in [0.1, 0.15) is 12.4 Å². The molecule has 0 radical (unpaired) electrons. The van der Waals surface area contributed by atoms with Crippen LogP contribution in [-0.2, 0) is 6.61 Å². The molecule has 0 aliphatic rings. The summed E-state index contributed by atoms with van der Waals surface area (Å²) >= 11 is 13.2. The minimum absolute atomic E-state index is 0.0316. The van der Waals surface area contributed by atoms with Crippen molar-refractivity contribution < 1.29 is 9.94 Å². The van der Waals surface area contributed by atoms with E-state index < -0.39 is 0 Å². The van der Waals surface area contributed by atoms with E-state index in [1.165, 1.54) is 11.3 Å². The molecule has 4 nitrogen and oxygen atoms in total. The number of amidine groups is 1. The SMILES string of the molecule is N/C(=N/O)c1ccc(Cl)cc1OCc1ccc(Cl)s1. The van der Waals surface area contributed by atoms with Crippen LogP contribution in [0, 0.1) is 0 Å². The van der Waals surface area contributed by atoms with Crippen LogP contribution in [0.3, 0.4) is 0 Å². The van der Waals surface area contributed by atoms with Crippen molar-refractivity contribution in [1.82, 2.24) is 0 Å². The third kappa shape index (κ3) is 3.53. The molecule has 2 rings (SSSR count). The van der Waals surface area contributed by atoms with Crippen LogP contribution < -0.4 is 10.5 Å². The Bertz CT molecular complexity index is 614. The van der Waals surface area contributed by atoms with Gasteiger partial charge in [0, 0.05) is 9.90 Å². The molecular formula is C12H10Cl2N2O2S. The number of nitrogens with two attached hydrogens (primary N) is 1. The lowest BCUT2D eigenvalue weighted by Crippen LogP contribution is -2.14. The highest BCUT2D eigenvalue weighted by molar-refractivity contribution is 7.16. The van der Waals surface area contributed by atoms with Gasteiger partial charge in [-0.1, -0.05) is 28.4 Å². The van der Waals surface area contributed by atoms with Gasteiger partial charge in [-0.15, -0.1) is 11.3 Å². The van der Waals surface area contributed by atoms with Crippen LogP contribution in [-0.4, -0.2) is 11.0 Å². The number of hydrogen-bond donors (Lipinski definition) is 2. The highest BCUT2D eigenvalue weighted by Gasteiger charge is 2.10. The molecule has 0 amide bonds. The summed E-state index contributed by atoms with van der Waals surface area (Å²) in [7, 11) is 0. The monoisotopic (exact) mass is 316 g/mol. The topological polar surface area (TPSA) is 67.8 Å². The molecule has 100 valence electrons. The summed E-state index contributed by atoms with van der Waals surface area (Å²) in [6.45, 7) is 0.337. The Morgan fingerprint density at radius 1 is 1.32 bits per heavy atom. The van der Waals surface area contributed by atoms with Gasteiger partial charge in [-0.2, -0.15) is 0 Å². The van der Waals surface area contributed by atoms with E-state index in [-0.39, 0.29) is 5.84 Å². The fourth-order valence-electron chi connectivity index (χ4n) is 1.46. The van der Waals surface area contributed by atoms with E-state index in [1.54, 1.807) is 24.3 Å². The molecule has 7 heteroatoms. The second-order valence-electron chi connectivity index (χ2n) is 3.62. The number of oxime groups is 1. The molecular weight excluding hydrogens is 307 g/mol. The number of rotatable bonds is 4. The first-order valence-electron chi connectivity index (χ1n) is 5.24. The molecule has 2 aromatic rings. The van der Waals surface area contributed by atoms with Crippen molar-refractivity contribution in [2.24, 2.45) is 10.9 Å². The van der Waals surface area contributed by atoms with Crippen LogP contribution in [0.25, 0.3) is 0 Å². The lowest BCUT2D eigenvalue weighted by molar-refractivity contribution is 0.306. The van der Waals surface area contributed by atoms with Crippen LogP contribution >= 0.6 is 34.5 Å². The largest absolute Gasteiger partial charge is 0.487 e. The fraction of sp³-hybridized carbons (Fsp3) is 0.0833. The zero-order valence-corrected chi connectivity index (χ0v) is 12.0. The minimum Gasteiger partial charge on any atom is -0.487 e. The van der Waals surface area contributed by atoms with E-state index in [0.717, 1.165) is 4.88 Å². The van der Waals surface area contributed by atoms with Crippen LogP contribution in [0.1, 0.15) is 10.4 Å². The molecule has 0 unspecified atom stereocenters. The summed E-state index contributed by atoms with van der Waals surface area (Å²) in [6.07, 6.45) is 0. The molecule has 0 spiro atoms. The van der Waals surface area contributed by atoms with E-state index in [1.807, 2.05) is 6.07 Å². The Morgan fingerprint density at radius 2 is 2.11 bits per heavy atom. The second-order valence-corrected chi connectivity index (χ2v) is 5.86. The summed E-state index contributed by atoms with van der Waals surface area (Å²) < 4.78 is 6.33. The van der Waals surface area contributed by atoms with Gasteiger partial charge in [0.2, 0.25) is 0 Å². The first-order chi connectivity index (χ1) is 9.10. The molecule has 1 aromatic carbocycles. The summed E-state index contributed by atoms with van der Waals surface area (Å²) in [4.78, 5) is 0.968. The summed E-state index contributed by atoms with van der Waals surface area (Å²) in [5, 5.41) is 12.2. The van der Waals surface area contributed by atoms with E-state index in [9.17, 15) is 0 Å². The maximum atomic E-state index is 8.73. The van der Waals surface area contributed by atoms with E-state index >= 15 is 0 Å². The number of benzene rings is 1. The number of halogens is 2. The predicted octanol–water partition coefficient (Wildman–Crippen LogP) is 3.73. The average Bonchev–Trinajstić information content (AvgIpc) is 2.81. The van der Waals surface area contributed by atoms with Crippen LogP contribution in [0.5, 0.6) is 5.75 Å². The summed E-state index contributed by atoms with van der Waals surface area (Å²) in [5.74, 6) is 0.420. The number of nitrogens with zero attached hydrogens (tertiary/aromatic N) is 1. The number of thiophene rings is 1. The van der Waals surface area contributed by atoms with Crippen molar-refractivity contribution >= 4 is 40.4 Å². The average molecular weight is 317 g/mol. The van der Waals surface area contributed by atoms with Gasteiger partial charge in [-0.25, -0.2) is 0 Å². The van der Waals surface area contributed by atoms with Crippen molar-refractivity contribution in [2.45, 2.75) is 6.61 Å². The Morgan fingerprint density at radius 3 is 2.74 bits per heavy atom. The number of ether oxygens (including phenoxy) is 1. The standard InChI is InChI=1S/C12H10Cl2N2O2S/c13-7-1-3-9(12(15)16-17)10(5-7)18-6-8-2-4-11(14)19-8/h1-5,17H,6H2,(H2,15,16). The van der Waals surface area contributed by atoms with Gasteiger partial charge in [-0.3, -0.25) is 0 Å². The Kier molecular flexibility index (Phi) is 4.52. The van der Waals surface area contributed by atoms with Gasteiger partial charge in [0.25, 0.3) is 0 Å². The molecule has 1 heterocycles. The molecule has 0 aliphatic heterocycles. The Hall–Kier alpha value is -1.43. The molecule has 0 atom stereocenters. The molecule has 0 aliphatic carbocycles. The van der Waals surface area contributed by atoms with Gasteiger partial charge >= 0.3 is 0 Å². The van der Waals surface area contributed by atoms with Crippen molar-refractivity contribution in [3.8, 4) is 5.75 Å². The highest BCUT2D eigenvalue weighted by atomic mass is 35.5. The quantitative estimate of drug-likeness (QED) is 0.391. The minimum atomic E-state index is -0.0316. The van der Waals surface area contributed by atoms with E-state index in [2.05, 4.69) is 5.16 Å². The van der Waals surface area contributed by atoms with Gasteiger partial charge in [0.05, 0.1) is 9.90 Å². The fourth-order valence-corrected chi connectivity index (χ4v) is 2.62. The van der Waals surface area contributed by atoms with Gasteiger partial charge in [-0.05, 0) is 30.3 Å². The first-order valence-corrected chi connectivity index (χ1v) is 6.82. The maximum absolute atomic E-state index is 8.73. The zero-order valence-electron chi connectivity index (χ0n) is 9.64. The van der Waals surface area contributed by atoms with Gasteiger partial charge in [0.15, 0.2) is 5.84 Å². The van der Waals surface area contributed by atoms with Crippen molar-refractivity contribution in [2.75, 3.05) is 0 Å². The smallest absolute Gasteiger partial charge is 0.173 e. The van der Waals surface area contributed by atoms with E-state index in [4.69, 9.17) is 38.9 Å². The Balaban J connectivity index is 2.21. The predicted molar refractivity (Wildman–Crippen MR) is 77.6 cm³/mol. The van der Waals surface area contributed by atoms with Crippen LogP contribution in [0.4, 0.5) is 0 Å². The molecule has 1 aromatic heterocycles. The van der Waals surface area contributed by atoms with Crippen LogP contribution in [0.15, 0.2) is 35.5 Å². The molecule has 19 heavy (non-hydrogen) atoms. The number of hydrogen-bond acceptors (Lipinski definition) is 4. The summed E-state index contributed by atoms with van der Waals surface area (Å²) in [6, 6.07) is 8.57. The van der Waals surface area contributed by atoms with Gasteiger partial charge < -0.3 is 15.7 Å². The maximum Gasteiger partial charge on any atom is 0.173 e. The third-order valence-corrected chi connectivity index (χ3v) is 3.77. The third-order valence-electron chi connectivity index (χ3n) is 2.33. The van der Waals surface area contributed by atoms with Crippen molar-refractivity contribution in [3.63, 3.8) is 0 Å². The molecule has 0 saturated carbocycles. The summed E-state index contributed by atoms with van der Waals surface area (Å²) in [5.41, 5.74) is 6.06. The Labute approximate surface area is 124 Å². The molecule has 0 saturated heterocycles. The van der Waals surface area contributed by atoms with Crippen molar-refractivity contribution in [3.05, 3.63) is 50.1 Å². The lowest BCUT2D eigenvalue weighted by Gasteiger charge is -2.10. The lowest BCUT2D eigenvalue weighted by atomic mass is 10.2. The zero-order chi connectivity index (χ0) is 13.8. The molecule has 0 bridgehead atoms. The second kappa shape index (κ2) is 6.14.